The number of benzene rings is 2. The summed E-state index contributed by atoms with van der Waals surface area (Å²) in [4.78, 5) is 57.8. The highest BCUT2D eigenvalue weighted by Crippen LogP contribution is 2.32. The van der Waals surface area contributed by atoms with E-state index in [2.05, 4.69) is 25.6 Å². The molecule has 2 amide bonds. The molecule has 1 saturated heterocycles. The van der Waals surface area contributed by atoms with E-state index in [0.717, 1.165) is 11.8 Å². The van der Waals surface area contributed by atoms with Crippen LogP contribution in [0.15, 0.2) is 63.1 Å². The van der Waals surface area contributed by atoms with Crippen LogP contribution in [0.5, 0.6) is 11.6 Å². The highest BCUT2D eigenvalue weighted by atomic mass is 35.5. The molecule has 1 aromatic heterocycles. The number of nitrogens with zero attached hydrogens (tertiary/aromatic N) is 1. The van der Waals surface area contributed by atoms with E-state index in [-0.39, 0.29) is 17.2 Å². The molecule has 0 aliphatic carbocycles. The van der Waals surface area contributed by atoms with Crippen LogP contribution < -0.4 is 26.6 Å². The lowest BCUT2D eigenvalue weighted by molar-refractivity contribution is -0.122. The second-order valence-electron chi connectivity index (χ2n) is 7.64. The molecule has 3 aromatic rings. The van der Waals surface area contributed by atoms with E-state index < -0.39 is 40.2 Å². The van der Waals surface area contributed by atoms with Crippen molar-refractivity contribution < 1.29 is 19.4 Å². The van der Waals surface area contributed by atoms with Crippen molar-refractivity contribution in [3.8, 4) is 11.6 Å². The molecule has 186 valence electrons. The van der Waals surface area contributed by atoms with Crippen molar-refractivity contribution in [3.63, 3.8) is 0 Å². The molecule has 0 spiro atoms. The minimum absolute atomic E-state index is 0.139. The summed E-state index contributed by atoms with van der Waals surface area (Å²) in [5.74, 6) is -0.930. The third-order valence-electron chi connectivity index (χ3n) is 5.17. The Balaban J connectivity index is 1.60. The molecule has 13 heteroatoms. The third kappa shape index (κ3) is 5.78. The van der Waals surface area contributed by atoms with E-state index in [0.29, 0.717) is 22.0 Å². The summed E-state index contributed by atoms with van der Waals surface area (Å²) in [7, 11) is 1.50. The predicted octanol–water partition coefficient (Wildman–Crippen LogP) is 2.14. The minimum Gasteiger partial charge on any atom is -0.497 e. The molecular weight excluding hydrogens is 510 g/mol. The Bertz CT molecular complexity index is 1450. The van der Waals surface area contributed by atoms with E-state index in [1.54, 1.807) is 48.5 Å². The summed E-state index contributed by atoms with van der Waals surface area (Å²) in [6.07, 6.45) is -0.139. The van der Waals surface area contributed by atoms with Gasteiger partial charge in [-0.05, 0) is 35.9 Å². The molecule has 1 aliphatic heterocycles. The van der Waals surface area contributed by atoms with E-state index in [1.165, 1.54) is 7.11 Å². The van der Waals surface area contributed by atoms with Crippen LogP contribution in [-0.4, -0.2) is 44.4 Å². The molecule has 0 unspecified atom stereocenters. The van der Waals surface area contributed by atoms with Crippen molar-refractivity contribution in [1.29, 1.82) is 0 Å². The molecular formula is C23H20ClN5O6S. The van der Waals surface area contributed by atoms with Crippen molar-refractivity contribution in [1.82, 2.24) is 15.3 Å². The molecule has 0 saturated carbocycles. The lowest BCUT2D eigenvalue weighted by Gasteiger charge is -2.15. The number of methoxy groups -OCH3 is 1. The topological polar surface area (TPSA) is 166 Å². The molecule has 1 aliphatic rings. The smallest absolute Gasteiger partial charge is 0.328 e. The number of ether oxygens (including phenoxy) is 1. The first-order valence-corrected chi connectivity index (χ1v) is 11.8. The number of amides is 2. The summed E-state index contributed by atoms with van der Waals surface area (Å²) in [6, 6.07) is 12.1. The van der Waals surface area contributed by atoms with Gasteiger partial charge in [0.25, 0.3) is 5.56 Å². The van der Waals surface area contributed by atoms with Gasteiger partial charge in [0.1, 0.15) is 22.6 Å². The Morgan fingerprint density at radius 3 is 2.61 bits per heavy atom. The molecule has 0 radical (unpaired) electrons. The maximum Gasteiger partial charge on any atom is 0.328 e. The number of nitrogens with one attached hydrogen (secondary N) is 4. The number of carbonyl (C=O) groups excluding carboxylic acids is 2. The number of aromatic nitrogens is 2. The van der Waals surface area contributed by atoms with Crippen LogP contribution in [0.25, 0.3) is 0 Å². The third-order valence-corrected chi connectivity index (χ3v) is 6.50. The standard InChI is InChI=1S/C23H20ClN5O6S/c1-35-14-7-5-11(6-8-14)18(17-20(32)27-22(34)28-21(17)33)26-23-29-19(31)15(36-23)10-16(30)25-13-4-2-3-12(24)9-13/h2-9,15,18H,10H2,1H3,(H,25,30)(H,26,29,31)(H3,27,28,32,33,34)/t15-,18+/m1/s1. The van der Waals surface area contributed by atoms with E-state index in [4.69, 9.17) is 16.3 Å². The number of carbonyl (C=O) groups is 2. The Hall–Kier alpha value is -4.03. The normalized spacial score (nSPS) is 17.0. The van der Waals surface area contributed by atoms with E-state index in [9.17, 15) is 24.3 Å². The first kappa shape index (κ1) is 25.1. The van der Waals surface area contributed by atoms with E-state index >= 15 is 0 Å². The van der Waals surface area contributed by atoms with Gasteiger partial charge in [-0.25, -0.2) is 9.79 Å². The fourth-order valence-electron chi connectivity index (χ4n) is 3.49. The van der Waals surface area contributed by atoms with Crippen molar-refractivity contribution >= 4 is 46.0 Å². The number of aromatic hydroxyl groups is 1. The molecule has 1 fully saturated rings. The summed E-state index contributed by atoms with van der Waals surface area (Å²) in [5, 5.41) is 15.5. The lowest BCUT2D eigenvalue weighted by Crippen LogP contribution is -2.29. The van der Waals surface area contributed by atoms with Gasteiger partial charge in [0.15, 0.2) is 5.17 Å². The number of aliphatic imine (C=N–C) groups is 1. The molecule has 2 heterocycles. The molecule has 2 atom stereocenters. The number of hydrogen-bond donors (Lipinski definition) is 5. The molecule has 4 rings (SSSR count). The summed E-state index contributed by atoms with van der Waals surface area (Å²) in [5.41, 5.74) is -0.959. The molecule has 5 N–H and O–H groups in total. The van der Waals surface area contributed by atoms with Crippen LogP contribution in [0, 0.1) is 0 Å². The second kappa shape index (κ2) is 10.7. The van der Waals surface area contributed by atoms with Crippen LogP contribution in [0.2, 0.25) is 5.02 Å². The largest absolute Gasteiger partial charge is 0.497 e. The number of anilines is 1. The first-order chi connectivity index (χ1) is 17.2. The Morgan fingerprint density at radius 2 is 1.94 bits per heavy atom. The number of H-pyrrole nitrogens is 2. The van der Waals surface area contributed by atoms with Crippen molar-refractivity contribution in [3.05, 3.63) is 85.5 Å². The number of halogens is 1. The minimum atomic E-state index is -1.08. The number of thioether (sulfide) groups is 1. The van der Waals surface area contributed by atoms with E-state index in [1.807, 2.05) is 0 Å². The highest BCUT2D eigenvalue weighted by molar-refractivity contribution is 8.15. The van der Waals surface area contributed by atoms with Gasteiger partial charge in [-0.1, -0.05) is 41.6 Å². The van der Waals surface area contributed by atoms with Crippen molar-refractivity contribution in [2.75, 3.05) is 12.4 Å². The number of amidine groups is 1. The zero-order chi connectivity index (χ0) is 25.8. The van der Waals surface area contributed by atoms with Gasteiger partial charge in [0.05, 0.1) is 7.11 Å². The summed E-state index contributed by atoms with van der Waals surface area (Å²) < 4.78 is 5.16. The van der Waals surface area contributed by atoms with Crippen LogP contribution in [0.3, 0.4) is 0 Å². The predicted molar refractivity (Wildman–Crippen MR) is 136 cm³/mol. The Kier molecular flexibility index (Phi) is 7.46. The molecule has 36 heavy (non-hydrogen) atoms. The number of aromatic amines is 2. The Morgan fingerprint density at radius 1 is 1.19 bits per heavy atom. The molecule has 2 aromatic carbocycles. The van der Waals surface area contributed by atoms with Gasteiger partial charge < -0.3 is 20.5 Å². The van der Waals surface area contributed by atoms with Gasteiger partial charge in [-0.3, -0.25) is 24.4 Å². The van der Waals surface area contributed by atoms with Gasteiger partial charge in [-0.2, -0.15) is 0 Å². The zero-order valence-corrected chi connectivity index (χ0v) is 20.3. The monoisotopic (exact) mass is 529 g/mol. The van der Waals surface area contributed by atoms with Crippen LogP contribution in [0.1, 0.15) is 23.6 Å². The number of rotatable bonds is 7. The fourth-order valence-corrected chi connectivity index (χ4v) is 4.68. The Labute approximate surface area is 213 Å². The van der Waals surface area contributed by atoms with Gasteiger partial charge in [0, 0.05) is 17.1 Å². The lowest BCUT2D eigenvalue weighted by atomic mass is 10.0. The van der Waals surface area contributed by atoms with Crippen LogP contribution >= 0.6 is 23.4 Å². The second-order valence-corrected chi connectivity index (χ2v) is 9.27. The fraction of sp³-hybridized carbons (Fsp3) is 0.174. The average molecular weight is 530 g/mol. The van der Waals surface area contributed by atoms with Gasteiger partial charge in [0.2, 0.25) is 17.7 Å². The maximum absolute atomic E-state index is 12.6. The zero-order valence-electron chi connectivity index (χ0n) is 18.7. The van der Waals surface area contributed by atoms with Crippen molar-refractivity contribution in [2.45, 2.75) is 17.7 Å². The summed E-state index contributed by atoms with van der Waals surface area (Å²) in [6.45, 7) is 0. The average Bonchev–Trinajstić information content (AvgIpc) is 3.16. The molecule has 11 nitrogen and oxygen atoms in total. The number of hydrogen-bond acceptors (Lipinski definition) is 8. The van der Waals surface area contributed by atoms with Crippen LogP contribution in [-0.2, 0) is 9.59 Å². The SMILES string of the molecule is COc1ccc([C@H](N=C2NC(=O)[C@@H](CC(=O)Nc3cccc(Cl)c3)S2)c2c(O)[nH]c(=O)[nH]c2=O)cc1. The van der Waals surface area contributed by atoms with Gasteiger partial charge >= 0.3 is 5.69 Å². The molecule has 0 bridgehead atoms. The maximum atomic E-state index is 12.6. The quantitative estimate of drug-likeness (QED) is 0.312. The van der Waals surface area contributed by atoms with Crippen LogP contribution in [0.4, 0.5) is 5.69 Å². The van der Waals surface area contributed by atoms with Crippen molar-refractivity contribution in [2.24, 2.45) is 4.99 Å². The van der Waals surface area contributed by atoms with Gasteiger partial charge in [-0.15, -0.1) is 0 Å². The first-order valence-electron chi connectivity index (χ1n) is 10.5. The summed E-state index contributed by atoms with van der Waals surface area (Å²) >= 11 is 6.95. The highest BCUT2D eigenvalue weighted by Gasteiger charge is 2.33.